The van der Waals surface area contributed by atoms with Gasteiger partial charge >= 0.3 is 6.18 Å². The van der Waals surface area contributed by atoms with E-state index in [1.165, 1.54) is 12.1 Å². The number of rotatable bonds is 12. The van der Waals surface area contributed by atoms with Crippen molar-refractivity contribution in [1.82, 2.24) is 0 Å². The summed E-state index contributed by atoms with van der Waals surface area (Å²) < 4.78 is 63.4. The van der Waals surface area contributed by atoms with Crippen LogP contribution in [0.15, 0.2) is 42.5 Å². The summed E-state index contributed by atoms with van der Waals surface area (Å²) in [6.07, 6.45) is -1.34. The van der Waals surface area contributed by atoms with Crippen LogP contribution in [-0.4, -0.2) is 31.8 Å². The lowest BCUT2D eigenvalue weighted by Gasteiger charge is -2.23. The molecule has 1 aliphatic rings. The Balaban J connectivity index is 1.58. The first kappa shape index (κ1) is 26.8. The molecule has 0 aliphatic carbocycles. The van der Waals surface area contributed by atoms with Crippen molar-refractivity contribution in [2.45, 2.75) is 63.8 Å². The maximum absolute atomic E-state index is 12.9. The molecular weight excluding hydrogens is 465 g/mol. The van der Waals surface area contributed by atoms with Crippen LogP contribution in [-0.2, 0) is 17.5 Å². The van der Waals surface area contributed by atoms with Crippen molar-refractivity contribution in [1.29, 1.82) is 0 Å². The highest BCUT2D eigenvalue weighted by atomic mass is 19.4. The molecule has 0 bridgehead atoms. The third-order valence-electron chi connectivity index (χ3n) is 6.09. The number of alkyl halides is 5. The summed E-state index contributed by atoms with van der Waals surface area (Å²) in [5, 5.41) is 6.22. The number of anilines is 3. The number of halogens is 5. The Morgan fingerprint density at radius 1 is 1.00 bits per heavy atom. The van der Waals surface area contributed by atoms with Crippen LogP contribution in [0.3, 0.4) is 0 Å². The lowest BCUT2D eigenvalue weighted by atomic mass is 10.1. The fourth-order valence-electron chi connectivity index (χ4n) is 4.10. The molecule has 2 N–H and O–H groups in total. The fraction of sp³-hybridized carbons (Fsp3) is 0.500. The molecule has 1 amide bonds. The highest BCUT2D eigenvalue weighted by Gasteiger charge is 2.29. The lowest BCUT2D eigenvalue weighted by molar-refractivity contribution is -0.137. The van der Waals surface area contributed by atoms with Gasteiger partial charge in [0.05, 0.1) is 16.9 Å². The molecule has 1 aliphatic heterocycles. The van der Waals surface area contributed by atoms with Gasteiger partial charge < -0.3 is 15.5 Å². The third-order valence-corrected chi connectivity index (χ3v) is 6.09. The third kappa shape index (κ3) is 8.40. The Hall–Kier alpha value is -2.84. The van der Waals surface area contributed by atoms with Crippen molar-refractivity contribution in [3.05, 3.63) is 53.6 Å². The Bertz CT molecular complexity index is 943. The molecule has 192 valence electrons. The molecule has 1 atom stereocenters. The molecule has 9 heteroatoms. The second kappa shape index (κ2) is 12.7. The van der Waals surface area contributed by atoms with Crippen molar-refractivity contribution >= 4 is 23.0 Å². The minimum Gasteiger partial charge on any atom is -0.381 e. The van der Waals surface area contributed by atoms with Crippen LogP contribution in [0, 0.1) is 0 Å². The quantitative estimate of drug-likeness (QED) is 0.243. The van der Waals surface area contributed by atoms with Crippen LogP contribution in [0.5, 0.6) is 0 Å². The predicted octanol–water partition coefficient (Wildman–Crippen LogP) is 7.11. The monoisotopic (exact) mass is 497 g/mol. The number of nitrogens with one attached hydrogen (secondary N) is 2. The maximum atomic E-state index is 12.9. The zero-order valence-corrected chi connectivity index (χ0v) is 19.6. The molecule has 1 fully saturated rings. The number of nitrogens with zero attached hydrogens (tertiary/aromatic N) is 1. The number of unbranched alkanes of at least 4 members (excludes halogenated alkanes) is 2. The molecule has 4 nitrogen and oxygen atoms in total. The summed E-state index contributed by atoms with van der Waals surface area (Å²) in [5.41, 5.74) is 2.46. The van der Waals surface area contributed by atoms with Crippen molar-refractivity contribution in [2.24, 2.45) is 0 Å². The van der Waals surface area contributed by atoms with Crippen LogP contribution in [0.1, 0.15) is 56.1 Å². The summed E-state index contributed by atoms with van der Waals surface area (Å²) in [6, 6.07) is 10.7. The van der Waals surface area contributed by atoms with E-state index in [-0.39, 0.29) is 12.3 Å². The highest BCUT2D eigenvalue weighted by Crippen LogP contribution is 2.33. The molecule has 0 unspecified atom stereocenters. The molecule has 0 saturated carbocycles. The smallest absolute Gasteiger partial charge is 0.381 e. The molecule has 2 aromatic carbocycles. The van der Waals surface area contributed by atoms with E-state index >= 15 is 0 Å². The second-order valence-electron chi connectivity index (χ2n) is 8.87. The zero-order chi connectivity index (χ0) is 25.3. The molecule has 2 aromatic rings. The van der Waals surface area contributed by atoms with Crippen LogP contribution >= 0.6 is 0 Å². The second-order valence-corrected chi connectivity index (χ2v) is 8.87. The Kier molecular flexibility index (Phi) is 9.74. The van der Waals surface area contributed by atoms with E-state index in [1.54, 1.807) is 0 Å². The van der Waals surface area contributed by atoms with Gasteiger partial charge in [-0.15, -0.1) is 0 Å². The van der Waals surface area contributed by atoms with Gasteiger partial charge in [-0.3, -0.25) is 4.79 Å². The van der Waals surface area contributed by atoms with E-state index in [1.807, 2.05) is 18.2 Å². The number of carbonyl (C=O) groups excluding carboxylic acids is 1. The average Bonchev–Trinajstić information content (AvgIpc) is 3.37. The standard InChI is InChI=1S/C26H32F5N3O/c27-17-21(28)6-2-1-3-7-25(35)33-23-13-12-22(16-24(23)34-14-4-5-15-34)32-18-19-8-10-20(11-9-19)26(29,30)31/h8-13,16,21,32H,1-7,14-15,17-18H2,(H,33,35)/t21-/m0/s1. The predicted molar refractivity (Wildman–Crippen MR) is 129 cm³/mol. The van der Waals surface area contributed by atoms with Gasteiger partial charge in [0.1, 0.15) is 12.8 Å². The van der Waals surface area contributed by atoms with Gasteiger partial charge in [0, 0.05) is 31.7 Å². The van der Waals surface area contributed by atoms with Gasteiger partial charge in [-0.1, -0.05) is 25.0 Å². The largest absolute Gasteiger partial charge is 0.416 e. The normalized spacial score (nSPS) is 14.7. The van der Waals surface area contributed by atoms with Gasteiger partial charge in [0.2, 0.25) is 5.91 Å². The fourth-order valence-corrected chi connectivity index (χ4v) is 4.10. The summed E-state index contributed by atoms with van der Waals surface area (Å²) >= 11 is 0. The number of benzene rings is 2. The van der Waals surface area contributed by atoms with E-state index in [9.17, 15) is 26.7 Å². The highest BCUT2D eigenvalue weighted by molar-refractivity contribution is 5.95. The summed E-state index contributed by atoms with van der Waals surface area (Å²) in [5.74, 6) is -0.127. The first-order chi connectivity index (χ1) is 16.8. The van der Waals surface area contributed by atoms with Gasteiger partial charge in [-0.25, -0.2) is 8.78 Å². The average molecular weight is 498 g/mol. The van der Waals surface area contributed by atoms with Crippen LogP contribution in [0.4, 0.5) is 39.0 Å². The van der Waals surface area contributed by atoms with Gasteiger partial charge in [0.25, 0.3) is 0 Å². The minimum absolute atomic E-state index is 0.127. The molecule has 0 radical (unpaired) electrons. The van der Waals surface area contributed by atoms with Crippen molar-refractivity contribution in [3.63, 3.8) is 0 Å². The maximum Gasteiger partial charge on any atom is 0.416 e. The number of amides is 1. The number of hydrogen-bond donors (Lipinski definition) is 2. The van der Waals surface area contributed by atoms with E-state index in [2.05, 4.69) is 15.5 Å². The molecule has 35 heavy (non-hydrogen) atoms. The van der Waals surface area contributed by atoms with Gasteiger partial charge in [-0.05, 0) is 61.6 Å². The molecule has 1 heterocycles. The number of hydrogen-bond acceptors (Lipinski definition) is 3. The number of carbonyl (C=O) groups is 1. The zero-order valence-electron chi connectivity index (χ0n) is 19.6. The van der Waals surface area contributed by atoms with Gasteiger partial charge in [0.15, 0.2) is 0 Å². The topological polar surface area (TPSA) is 44.4 Å². The van der Waals surface area contributed by atoms with Gasteiger partial charge in [-0.2, -0.15) is 13.2 Å². The van der Waals surface area contributed by atoms with E-state index in [0.29, 0.717) is 37.9 Å². The SMILES string of the molecule is O=C(CCCCC[C@H](F)CF)Nc1ccc(NCc2ccc(C(F)(F)F)cc2)cc1N1CCCC1. The summed E-state index contributed by atoms with van der Waals surface area (Å²) in [7, 11) is 0. The van der Waals surface area contributed by atoms with Crippen molar-refractivity contribution in [2.75, 3.05) is 35.3 Å². The Labute approximate surface area is 202 Å². The Morgan fingerprint density at radius 2 is 1.71 bits per heavy atom. The van der Waals surface area contributed by atoms with E-state index in [0.717, 1.165) is 55.0 Å². The molecular formula is C26H32F5N3O. The van der Waals surface area contributed by atoms with Crippen LogP contribution in [0.2, 0.25) is 0 Å². The van der Waals surface area contributed by atoms with Crippen molar-refractivity contribution in [3.8, 4) is 0 Å². The summed E-state index contributed by atoms with van der Waals surface area (Å²) in [4.78, 5) is 14.7. The molecule has 3 rings (SSSR count). The molecule has 0 aromatic heterocycles. The Morgan fingerprint density at radius 3 is 2.37 bits per heavy atom. The van der Waals surface area contributed by atoms with E-state index in [4.69, 9.17) is 0 Å². The first-order valence-corrected chi connectivity index (χ1v) is 12.0. The van der Waals surface area contributed by atoms with Crippen LogP contribution in [0.25, 0.3) is 0 Å². The van der Waals surface area contributed by atoms with E-state index < -0.39 is 24.6 Å². The summed E-state index contributed by atoms with van der Waals surface area (Å²) in [6.45, 7) is 1.16. The lowest BCUT2D eigenvalue weighted by Crippen LogP contribution is -2.21. The van der Waals surface area contributed by atoms with Crippen molar-refractivity contribution < 1.29 is 26.7 Å². The van der Waals surface area contributed by atoms with Crippen LogP contribution < -0.4 is 15.5 Å². The minimum atomic E-state index is -4.36. The molecule has 0 spiro atoms. The molecule has 1 saturated heterocycles. The first-order valence-electron chi connectivity index (χ1n) is 12.0.